The van der Waals surface area contributed by atoms with Crippen molar-refractivity contribution in [2.45, 2.75) is 32.9 Å². The molecule has 17 heavy (non-hydrogen) atoms. The SMILES string of the molecule is COC(=O)CN(CCCn1ccnc1)C(C)C. The standard InChI is InChI=1S/C12H21N3O2/c1-11(2)15(9-12(16)17-3)7-4-6-14-8-5-13-10-14/h5,8,10-11H,4,6-7,9H2,1-3H3. The number of hydrogen-bond donors (Lipinski definition) is 0. The van der Waals surface area contributed by atoms with E-state index in [0.29, 0.717) is 12.6 Å². The number of carbonyl (C=O) groups excluding carboxylic acids is 1. The van der Waals surface area contributed by atoms with E-state index in [1.807, 2.05) is 10.8 Å². The second-order valence-electron chi connectivity index (χ2n) is 4.29. The Morgan fingerprint density at radius 1 is 1.53 bits per heavy atom. The molecule has 0 saturated heterocycles. The third-order valence-corrected chi connectivity index (χ3v) is 2.71. The maximum absolute atomic E-state index is 11.2. The van der Waals surface area contributed by atoms with Gasteiger partial charge in [0.25, 0.3) is 0 Å². The van der Waals surface area contributed by atoms with E-state index in [0.717, 1.165) is 19.5 Å². The molecule has 0 fully saturated rings. The summed E-state index contributed by atoms with van der Waals surface area (Å²) in [6.45, 7) is 6.33. The number of imidazole rings is 1. The zero-order chi connectivity index (χ0) is 12.7. The van der Waals surface area contributed by atoms with Gasteiger partial charge in [-0.15, -0.1) is 0 Å². The highest BCUT2D eigenvalue weighted by molar-refractivity contribution is 5.71. The number of esters is 1. The van der Waals surface area contributed by atoms with E-state index >= 15 is 0 Å². The fourth-order valence-electron chi connectivity index (χ4n) is 1.63. The highest BCUT2D eigenvalue weighted by Gasteiger charge is 2.13. The first kappa shape index (κ1) is 13.7. The molecule has 0 saturated carbocycles. The van der Waals surface area contributed by atoms with Crippen molar-refractivity contribution < 1.29 is 9.53 Å². The first-order valence-electron chi connectivity index (χ1n) is 5.90. The molecule has 96 valence electrons. The Morgan fingerprint density at radius 3 is 2.82 bits per heavy atom. The summed E-state index contributed by atoms with van der Waals surface area (Å²) < 4.78 is 6.73. The van der Waals surface area contributed by atoms with E-state index < -0.39 is 0 Å². The van der Waals surface area contributed by atoms with Crippen LogP contribution < -0.4 is 0 Å². The molecule has 0 atom stereocenters. The monoisotopic (exact) mass is 239 g/mol. The Morgan fingerprint density at radius 2 is 2.29 bits per heavy atom. The van der Waals surface area contributed by atoms with Crippen LogP contribution in [0.25, 0.3) is 0 Å². The van der Waals surface area contributed by atoms with E-state index in [4.69, 9.17) is 0 Å². The highest BCUT2D eigenvalue weighted by atomic mass is 16.5. The zero-order valence-corrected chi connectivity index (χ0v) is 10.8. The Labute approximate surface area is 102 Å². The van der Waals surface area contributed by atoms with Gasteiger partial charge < -0.3 is 9.30 Å². The summed E-state index contributed by atoms with van der Waals surface area (Å²) >= 11 is 0. The number of aryl methyl sites for hydroxylation is 1. The summed E-state index contributed by atoms with van der Waals surface area (Å²) in [6, 6.07) is 0.344. The maximum atomic E-state index is 11.2. The van der Waals surface area contributed by atoms with Gasteiger partial charge in [0, 0.05) is 31.5 Å². The minimum Gasteiger partial charge on any atom is -0.468 e. The lowest BCUT2D eigenvalue weighted by Gasteiger charge is -2.25. The first-order chi connectivity index (χ1) is 8.13. The van der Waals surface area contributed by atoms with E-state index in [1.165, 1.54) is 7.11 Å². The fraction of sp³-hybridized carbons (Fsp3) is 0.667. The number of nitrogens with zero attached hydrogens (tertiary/aromatic N) is 3. The van der Waals surface area contributed by atoms with Crippen LogP contribution in [-0.4, -0.2) is 46.7 Å². The molecule has 0 N–H and O–H groups in total. The number of methoxy groups -OCH3 is 1. The molecule has 0 aliphatic heterocycles. The van der Waals surface area contributed by atoms with E-state index in [1.54, 1.807) is 12.5 Å². The second kappa shape index (κ2) is 7.06. The van der Waals surface area contributed by atoms with Gasteiger partial charge in [0.05, 0.1) is 20.0 Å². The second-order valence-corrected chi connectivity index (χ2v) is 4.29. The number of rotatable bonds is 7. The molecule has 5 nitrogen and oxygen atoms in total. The number of carbonyl (C=O) groups is 1. The van der Waals surface area contributed by atoms with Gasteiger partial charge in [-0.05, 0) is 20.3 Å². The Hall–Kier alpha value is -1.36. The van der Waals surface area contributed by atoms with Crippen molar-refractivity contribution in [1.82, 2.24) is 14.5 Å². The van der Waals surface area contributed by atoms with Crippen molar-refractivity contribution >= 4 is 5.97 Å². The average molecular weight is 239 g/mol. The predicted molar refractivity (Wildman–Crippen MR) is 65.6 cm³/mol. The summed E-state index contributed by atoms with van der Waals surface area (Å²) in [4.78, 5) is 17.3. The summed E-state index contributed by atoms with van der Waals surface area (Å²) in [6.07, 6.45) is 6.51. The van der Waals surface area contributed by atoms with Crippen LogP contribution >= 0.6 is 0 Å². The lowest BCUT2D eigenvalue weighted by Crippen LogP contribution is -2.37. The summed E-state index contributed by atoms with van der Waals surface area (Å²) in [7, 11) is 1.42. The summed E-state index contributed by atoms with van der Waals surface area (Å²) in [5.74, 6) is -0.179. The van der Waals surface area contributed by atoms with Crippen LogP contribution in [0.5, 0.6) is 0 Å². The molecule has 0 spiro atoms. The molecular formula is C12H21N3O2. The van der Waals surface area contributed by atoms with Crippen LogP contribution in [0.3, 0.4) is 0 Å². The number of aromatic nitrogens is 2. The smallest absolute Gasteiger partial charge is 0.319 e. The van der Waals surface area contributed by atoms with Gasteiger partial charge >= 0.3 is 5.97 Å². The number of hydrogen-bond acceptors (Lipinski definition) is 4. The predicted octanol–water partition coefficient (Wildman–Crippen LogP) is 1.16. The lowest BCUT2D eigenvalue weighted by atomic mass is 10.3. The molecule has 0 radical (unpaired) electrons. The first-order valence-corrected chi connectivity index (χ1v) is 5.90. The van der Waals surface area contributed by atoms with Gasteiger partial charge in [-0.1, -0.05) is 0 Å². The van der Waals surface area contributed by atoms with Gasteiger partial charge in [0.2, 0.25) is 0 Å². The van der Waals surface area contributed by atoms with Crippen LogP contribution in [0, 0.1) is 0 Å². The topological polar surface area (TPSA) is 47.4 Å². The Bertz CT molecular complexity index is 323. The van der Waals surface area contributed by atoms with Crippen LogP contribution in [0.4, 0.5) is 0 Å². The molecule has 1 rings (SSSR count). The normalized spacial score (nSPS) is 11.1. The van der Waals surface area contributed by atoms with Crippen molar-refractivity contribution in [1.29, 1.82) is 0 Å². The van der Waals surface area contributed by atoms with E-state index in [-0.39, 0.29) is 5.97 Å². The molecule has 0 bridgehead atoms. The molecule has 0 unspecified atom stereocenters. The van der Waals surface area contributed by atoms with Crippen molar-refractivity contribution in [3.05, 3.63) is 18.7 Å². The molecular weight excluding hydrogens is 218 g/mol. The lowest BCUT2D eigenvalue weighted by molar-refractivity contribution is -0.142. The van der Waals surface area contributed by atoms with Crippen molar-refractivity contribution in [3.8, 4) is 0 Å². The van der Waals surface area contributed by atoms with Crippen LogP contribution in [0.15, 0.2) is 18.7 Å². The van der Waals surface area contributed by atoms with Gasteiger partial charge in [0.1, 0.15) is 0 Å². The van der Waals surface area contributed by atoms with Crippen LogP contribution in [0.2, 0.25) is 0 Å². The quantitative estimate of drug-likeness (QED) is 0.670. The zero-order valence-electron chi connectivity index (χ0n) is 10.8. The van der Waals surface area contributed by atoms with Crippen LogP contribution in [-0.2, 0) is 16.1 Å². The molecule has 1 aromatic heterocycles. The minimum atomic E-state index is -0.179. The highest BCUT2D eigenvalue weighted by Crippen LogP contribution is 2.01. The molecule has 0 aliphatic rings. The van der Waals surface area contributed by atoms with E-state index in [9.17, 15) is 4.79 Å². The molecule has 1 heterocycles. The van der Waals surface area contributed by atoms with Gasteiger partial charge in [-0.3, -0.25) is 9.69 Å². The van der Waals surface area contributed by atoms with Gasteiger partial charge in [-0.2, -0.15) is 0 Å². The largest absolute Gasteiger partial charge is 0.468 e. The molecule has 1 aromatic rings. The molecule has 0 aliphatic carbocycles. The Kier molecular flexibility index (Phi) is 5.69. The van der Waals surface area contributed by atoms with Gasteiger partial charge in [-0.25, -0.2) is 4.98 Å². The Balaban J connectivity index is 2.31. The minimum absolute atomic E-state index is 0.179. The average Bonchev–Trinajstić information content (AvgIpc) is 2.80. The summed E-state index contributed by atoms with van der Waals surface area (Å²) in [5, 5.41) is 0. The number of ether oxygens (including phenoxy) is 1. The molecule has 0 aromatic carbocycles. The maximum Gasteiger partial charge on any atom is 0.319 e. The summed E-state index contributed by atoms with van der Waals surface area (Å²) in [5.41, 5.74) is 0. The third kappa shape index (κ3) is 4.99. The van der Waals surface area contributed by atoms with Gasteiger partial charge in [0.15, 0.2) is 0 Å². The van der Waals surface area contributed by atoms with Crippen molar-refractivity contribution in [3.63, 3.8) is 0 Å². The fourth-order valence-corrected chi connectivity index (χ4v) is 1.63. The van der Waals surface area contributed by atoms with E-state index in [2.05, 4.69) is 28.5 Å². The van der Waals surface area contributed by atoms with Crippen molar-refractivity contribution in [2.75, 3.05) is 20.2 Å². The third-order valence-electron chi connectivity index (χ3n) is 2.71. The van der Waals surface area contributed by atoms with Crippen LogP contribution in [0.1, 0.15) is 20.3 Å². The molecule has 5 heteroatoms. The van der Waals surface area contributed by atoms with Crippen molar-refractivity contribution in [2.24, 2.45) is 0 Å². The molecule has 0 amide bonds.